The minimum absolute atomic E-state index is 0.0168. The Bertz CT molecular complexity index is 1130. The van der Waals surface area contributed by atoms with E-state index in [1.54, 1.807) is 6.92 Å². The van der Waals surface area contributed by atoms with Gasteiger partial charge < -0.3 is 18.9 Å². The summed E-state index contributed by atoms with van der Waals surface area (Å²) < 4.78 is 21.3. The molecule has 0 radical (unpaired) electrons. The van der Waals surface area contributed by atoms with E-state index < -0.39 is 17.4 Å². The Hall–Kier alpha value is -3.76. The van der Waals surface area contributed by atoms with Crippen molar-refractivity contribution in [3.05, 3.63) is 49.1 Å². The van der Waals surface area contributed by atoms with Crippen molar-refractivity contribution in [3.8, 4) is 23.4 Å². The van der Waals surface area contributed by atoms with E-state index in [1.807, 2.05) is 6.07 Å². The lowest BCUT2D eigenvalue weighted by atomic mass is 10.1. The molecule has 12 nitrogen and oxygen atoms in total. The van der Waals surface area contributed by atoms with Gasteiger partial charge in [0.05, 0.1) is 37.7 Å². The van der Waals surface area contributed by atoms with Crippen LogP contribution in [0.3, 0.4) is 0 Å². The van der Waals surface area contributed by atoms with Crippen LogP contribution in [-0.2, 0) is 16.1 Å². The van der Waals surface area contributed by atoms with Crippen molar-refractivity contribution >= 4 is 33.7 Å². The van der Waals surface area contributed by atoms with E-state index in [-0.39, 0.29) is 40.8 Å². The van der Waals surface area contributed by atoms with Gasteiger partial charge in [0.25, 0.3) is 5.91 Å². The van der Waals surface area contributed by atoms with Gasteiger partial charge in [-0.2, -0.15) is 10.4 Å². The molecule has 0 aliphatic carbocycles. The zero-order valence-corrected chi connectivity index (χ0v) is 19.8. The van der Waals surface area contributed by atoms with Gasteiger partial charge >= 0.3 is 5.69 Å². The normalized spacial score (nSPS) is 10.5. The smallest absolute Gasteiger partial charge is 0.311 e. The molecule has 1 aromatic heterocycles. The van der Waals surface area contributed by atoms with E-state index in [9.17, 15) is 20.2 Å². The lowest BCUT2D eigenvalue weighted by Gasteiger charge is -2.13. The van der Waals surface area contributed by atoms with Crippen LogP contribution in [0.1, 0.15) is 22.4 Å². The predicted molar refractivity (Wildman–Crippen MR) is 120 cm³/mol. The summed E-state index contributed by atoms with van der Waals surface area (Å²) in [4.78, 5) is 26.9. The van der Waals surface area contributed by atoms with Gasteiger partial charge in [0, 0.05) is 34.8 Å². The van der Waals surface area contributed by atoms with Crippen LogP contribution in [0.25, 0.3) is 0 Å². The maximum absolute atomic E-state index is 12.1. The van der Waals surface area contributed by atoms with Crippen molar-refractivity contribution in [1.29, 1.82) is 5.26 Å². The summed E-state index contributed by atoms with van der Waals surface area (Å²) in [6.45, 7) is 1.38. The molecule has 0 aliphatic rings. The van der Waals surface area contributed by atoms with Gasteiger partial charge in [0.2, 0.25) is 11.6 Å². The van der Waals surface area contributed by atoms with E-state index in [0.717, 1.165) is 0 Å². The van der Waals surface area contributed by atoms with E-state index in [2.05, 4.69) is 31.4 Å². The number of pyridine rings is 1. The molecule has 13 heteroatoms. The molecule has 1 heterocycles. The second-order valence-corrected chi connectivity index (χ2v) is 7.11. The van der Waals surface area contributed by atoms with E-state index in [0.29, 0.717) is 15.7 Å². The van der Waals surface area contributed by atoms with Crippen molar-refractivity contribution in [2.45, 2.75) is 13.5 Å². The number of halogens is 1. The predicted octanol–water partition coefficient (Wildman–Crippen LogP) is 2.63. The Balaban J connectivity index is 2.14. The maximum atomic E-state index is 12.1. The summed E-state index contributed by atoms with van der Waals surface area (Å²) in [7, 11) is 4.16. The van der Waals surface area contributed by atoms with Crippen LogP contribution in [0.5, 0.6) is 17.4 Å². The number of nitro groups is 1. The SMILES string of the molecule is COCc1c(Br)c(C)nc(OCC(=O)N/N=C\c2cc([N+](=O)[O-])c(OC)cc2OC)c1C#N. The van der Waals surface area contributed by atoms with Crippen molar-refractivity contribution in [2.24, 2.45) is 5.10 Å². The number of nitrogens with one attached hydrogen (secondary N) is 1. The molecule has 0 saturated carbocycles. The Morgan fingerprint density at radius 3 is 2.61 bits per heavy atom. The lowest BCUT2D eigenvalue weighted by Crippen LogP contribution is -2.25. The number of aryl methyl sites for hydroxylation is 1. The monoisotopic (exact) mass is 521 g/mol. The number of aromatic nitrogens is 1. The van der Waals surface area contributed by atoms with Gasteiger partial charge in [-0.15, -0.1) is 0 Å². The van der Waals surface area contributed by atoms with Gasteiger partial charge in [-0.3, -0.25) is 14.9 Å². The van der Waals surface area contributed by atoms with Crippen LogP contribution < -0.4 is 19.6 Å². The fraction of sp³-hybridized carbons (Fsp3) is 0.300. The minimum Gasteiger partial charge on any atom is -0.496 e. The highest BCUT2D eigenvalue weighted by Crippen LogP contribution is 2.33. The number of nitriles is 1. The maximum Gasteiger partial charge on any atom is 0.311 e. The second kappa shape index (κ2) is 11.7. The number of carbonyl (C=O) groups excluding carboxylic acids is 1. The summed E-state index contributed by atoms with van der Waals surface area (Å²) in [6.07, 6.45) is 1.18. The summed E-state index contributed by atoms with van der Waals surface area (Å²) in [5.41, 5.74) is 3.44. The number of carbonyl (C=O) groups is 1. The number of ether oxygens (including phenoxy) is 4. The zero-order chi connectivity index (χ0) is 24.5. The molecule has 0 fully saturated rings. The quantitative estimate of drug-likeness (QED) is 0.281. The van der Waals surface area contributed by atoms with Crippen LogP contribution in [0.4, 0.5) is 5.69 Å². The topological polar surface area (TPSA) is 158 Å². The molecule has 0 atom stereocenters. The first-order valence-electron chi connectivity index (χ1n) is 9.20. The lowest BCUT2D eigenvalue weighted by molar-refractivity contribution is -0.385. The second-order valence-electron chi connectivity index (χ2n) is 6.32. The standard InChI is InChI=1S/C20H20BrN5O7/c1-11-19(21)14(9-30-2)13(7-22)20(24-11)33-10-18(27)25-23-8-12-5-15(26(28)29)17(32-4)6-16(12)31-3/h5-6,8H,9-10H2,1-4H3,(H,25,27)/b23-8-. The number of hydrogen-bond acceptors (Lipinski definition) is 10. The Morgan fingerprint density at radius 2 is 2.03 bits per heavy atom. The molecule has 0 aliphatic heterocycles. The highest BCUT2D eigenvalue weighted by atomic mass is 79.9. The molecule has 174 valence electrons. The Labute approximate surface area is 197 Å². The van der Waals surface area contributed by atoms with Gasteiger partial charge in [-0.25, -0.2) is 10.4 Å². The molecule has 1 amide bonds. The van der Waals surface area contributed by atoms with Crippen molar-refractivity contribution in [3.63, 3.8) is 0 Å². The molecule has 0 saturated heterocycles. The molecule has 1 aromatic carbocycles. The van der Waals surface area contributed by atoms with Gasteiger partial charge in [-0.1, -0.05) is 0 Å². The molecule has 2 rings (SSSR count). The van der Waals surface area contributed by atoms with Crippen molar-refractivity contribution in [2.75, 3.05) is 27.9 Å². The third-order valence-corrected chi connectivity index (χ3v) is 5.28. The molecule has 0 bridgehead atoms. The first-order chi connectivity index (χ1) is 15.8. The van der Waals surface area contributed by atoms with Crippen LogP contribution in [0.2, 0.25) is 0 Å². The number of benzene rings is 1. The van der Waals surface area contributed by atoms with Crippen LogP contribution >= 0.6 is 15.9 Å². The number of amides is 1. The molecule has 1 N–H and O–H groups in total. The van der Waals surface area contributed by atoms with E-state index in [4.69, 9.17) is 18.9 Å². The van der Waals surface area contributed by atoms with Gasteiger partial charge in [0.1, 0.15) is 17.4 Å². The van der Waals surface area contributed by atoms with Gasteiger partial charge in [-0.05, 0) is 22.9 Å². The Kier molecular flexibility index (Phi) is 9.08. The highest BCUT2D eigenvalue weighted by Gasteiger charge is 2.20. The van der Waals surface area contributed by atoms with Crippen LogP contribution in [0.15, 0.2) is 21.7 Å². The fourth-order valence-electron chi connectivity index (χ4n) is 2.70. The van der Waals surface area contributed by atoms with Gasteiger partial charge in [0.15, 0.2) is 6.61 Å². The van der Waals surface area contributed by atoms with Crippen LogP contribution in [0, 0.1) is 28.4 Å². The fourth-order valence-corrected chi connectivity index (χ4v) is 3.11. The molecular weight excluding hydrogens is 502 g/mol. The third kappa shape index (κ3) is 6.15. The average Bonchev–Trinajstić information content (AvgIpc) is 2.80. The molecular formula is C20H20BrN5O7. The summed E-state index contributed by atoms with van der Waals surface area (Å²) in [6, 6.07) is 4.55. The first-order valence-corrected chi connectivity index (χ1v) is 9.99. The summed E-state index contributed by atoms with van der Waals surface area (Å²) in [5.74, 6) is -0.389. The number of hydrazone groups is 1. The molecule has 0 unspecified atom stereocenters. The van der Waals surface area contributed by atoms with Crippen LogP contribution in [-0.4, -0.2) is 50.0 Å². The highest BCUT2D eigenvalue weighted by molar-refractivity contribution is 9.10. The molecule has 2 aromatic rings. The number of methoxy groups -OCH3 is 3. The summed E-state index contributed by atoms with van der Waals surface area (Å²) in [5, 5.41) is 24.5. The number of nitro benzene ring substituents is 1. The molecule has 33 heavy (non-hydrogen) atoms. The zero-order valence-electron chi connectivity index (χ0n) is 18.2. The first kappa shape index (κ1) is 25.5. The molecule has 0 spiro atoms. The van der Waals surface area contributed by atoms with Crippen molar-refractivity contribution < 1.29 is 28.7 Å². The van der Waals surface area contributed by atoms with E-state index >= 15 is 0 Å². The number of rotatable bonds is 10. The summed E-state index contributed by atoms with van der Waals surface area (Å²) >= 11 is 3.37. The van der Waals surface area contributed by atoms with E-state index in [1.165, 1.54) is 39.7 Å². The average molecular weight is 522 g/mol. The largest absolute Gasteiger partial charge is 0.496 e. The third-order valence-electron chi connectivity index (χ3n) is 4.23. The number of hydrogen-bond donors (Lipinski definition) is 1. The van der Waals surface area contributed by atoms with Crippen molar-refractivity contribution in [1.82, 2.24) is 10.4 Å². The Morgan fingerprint density at radius 1 is 1.33 bits per heavy atom. The minimum atomic E-state index is -0.646. The number of nitrogens with zero attached hydrogens (tertiary/aromatic N) is 4.